The maximum atomic E-state index is 7.17. The van der Waals surface area contributed by atoms with Crippen molar-refractivity contribution in [2.45, 2.75) is 83.8 Å². The summed E-state index contributed by atoms with van der Waals surface area (Å²) in [5.74, 6) is 3.20. The second-order valence-electron chi connectivity index (χ2n) is 17.4. The van der Waals surface area contributed by atoms with Gasteiger partial charge in [-0.05, 0) is 123 Å². The van der Waals surface area contributed by atoms with Gasteiger partial charge in [0.2, 0.25) is 0 Å². The first-order valence-electron chi connectivity index (χ1n) is 23.5. The lowest BCUT2D eigenvalue weighted by molar-refractivity contribution is 0.270. The summed E-state index contributed by atoms with van der Waals surface area (Å²) in [6.07, 6.45) is 3.11. The molecule has 0 atom stereocenters. The standard InChI is InChI=1S/C34H44N6S2.C10H14N4S2.C10H15N.2ClH/c1-25-9-11-27(3)29(17-25)13-15-39-21-35-33(36-22-39)41-19-31-7-5-6-8-32(31)20-42-34-37-23-40(24-38-34)16-14-30-18-26(2)10-12-28(30)4;11-9(12)15-5-7-3-1-2-4-8(7)6-16-10(13)14;1-8-3-4-9(2)10(7-8)5-6-11;;/h5-12,17-18H,13-16,19-24H2,1-4H3,(H,35,36)(H,37,38);1-4H,5-6H2,(H3,11,12)(H3,13,14);3-4,7H,5-6,11H2,1-2H3;2*1H. The van der Waals surface area contributed by atoms with Crippen LogP contribution in [0.15, 0.2) is 113 Å². The number of rotatable bonds is 16. The van der Waals surface area contributed by atoms with Crippen LogP contribution in [0.25, 0.3) is 0 Å². The van der Waals surface area contributed by atoms with Gasteiger partial charge in [0, 0.05) is 36.1 Å². The van der Waals surface area contributed by atoms with E-state index in [0.29, 0.717) is 11.5 Å². The molecule has 7 rings (SSSR count). The largest absolute Gasteiger partial charge is 0.379 e. The van der Waals surface area contributed by atoms with Crippen LogP contribution in [-0.2, 0) is 42.3 Å². The second kappa shape index (κ2) is 32.8. The average Bonchev–Trinajstić information content (AvgIpc) is 3.34. The Balaban J connectivity index is 0.000000376. The first-order valence-corrected chi connectivity index (χ1v) is 27.4. The molecular weight excluding hydrogens is 1000 g/mol. The van der Waals surface area contributed by atoms with Gasteiger partial charge < -0.3 is 27.8 Å². The van der Waals surface area contributed by atoms with Crippen LogP contribution in [-0.4, -0.2) is 76.8 Å². The van der Waals surface area contributed by atoms with Gasteiger partial charge in [0.25, 0.3) is 0 Å². The molecule has 2 heterocycles. The molecule has 0 bridgehead atoms. The molecule has 17 heteroatoms. The number of halogens is 2. The Kier molecular flexibility index (Phi) is 28.3. The molecule has 5 aromatic carbocycles. The fourth-order valence-electron chi connectivity index (χ4n) is 7.59. The normalized spacial score (nSPS) is 13.3. The smallest absolute Gasteiger partial charge is 0.159 e. The van der Waals surface area contributed by atoms with Crippen molar-refractivity contribution in [3.8, 4) is 0 Å². The lowest BCUT2D eigenvalue weighted by Gasteiger charge is -2.27. The highest BCUT2D eigenvalue weighted by atomic mass is 35.5. The topological polar surface area (TPSA) is 181 Å². The molecule has 11 nitrogen and oxygen atoms in total. The SMILES string of the molecule is Cc1ccc(C)c(CCN)c1.Cc1ccc(C)c(CCN2CN=C(SCc3ccccc3CSC3=NCN(CCc4cc(C)ccc4C)CN3)NC2)c1.Cl.Cl.N=C(N)SCc1ccccc1CSC(=N)N. The van der Waals surface area contributed by atoms with Crippen LogP contribution in [0.4, 0.5) is 0 Å². The van der Waals surface area contributed by atoms with Crippen LogP contribution >= 0.6 is 71.9 Å². The molecule has 0 radical (unpaired) electrons. The number of nitrogens with one attached hydrogen (secondary N) is 4. The van der Waals surface area contributed by atoms with E-state index in [9.17, 15) is 0 Å². The second-order valence-corrected chi connectivity index (χ2v) is 21.4. The van der Waals surface area contributed by atoms with E-state index >= 15 is 0 Å². The Bertz CT molecular complexity index is 2380. The van der Waals surface area contributed by atoms with E-state index in [1.54, 1.807) is 23.5 Å². The first kappa shape index (κ1) is 61.1. The van der Waals surface area contributed by atoms with Crippen LogP contribution < -0.4 is 27.8 Å². The number of hydrogen-bond donors (Lipinski definition) is 7. The summed E-state index contributed by atoms with van der Waals surface area (Å²) < 4.78 is 0. The Hall–Kier alpha value is -4.16. The number of thioether (sulfide) groups is 4. The van der Waals surface area contributed by atoms with Crippen molar-refractivity contribution in [2.75, 3.05) is 46.3 Å². The Labute approximate surface area is 453 Å². The molecule has 0 unspecified atom stereocenters. The number of nitrogens with two attached hydrogens (primary N) is 3. The summed E-state index contributed by atoms with van der Waals surface area (Å²) in [6, 6.07) is 36.6. The summed E-state index contributed by atoms with van der Waals surface area (Å²) in [7, 11) is 0. The van der Waals surface area contributed by atoms with E-state index < -0.39 is 0 Å². The number of benzene rings is 5. The molecule has 384 valence electrons. The Morgan fingerprint density at radius 3 is 1.15 bits per heavy atom. The van der Waals surface area contributed by atoms with Gasteiger partial charge in [0.1, 0.15) is 0 Å². The maximum absolute atomic E-state index is 7.17. The molecule has 0 aromatic heterocycles. The van der Waals surface area contributed by atoms with Crippen molar-refractivity contribution in [3.63, 3.8) is 0 Å². The zero-order valence-corrected chi connectivity index (χ0v) is 47.1. The molecule has 71 heavy (non-hydrogen) atoms. The third-order valence-corrected chi connectivity index (χ3v) is 15.3. The van der Waals surface area contributed by atoms with E-state index in [4.69, 9.17) is 38.0 Å². The van der Waals surface area contributed by atoms with Crippen molar-refractivity contribution in [3.05, 3.63) is 175 Å². The zero-order valence-electron chi connectivity index (χ0n) is 42.2. The fraction of sp³-hybridized carbons (Fsp3) is 0.370. The molecule has 5 aromatic rings. The predicted octanol–water partition coefficient (Wildman–Crippen LogP) is 10.8. The minimum absolute atomic E-state index is 0. The van der Waals surface area contributed by atoms with Crippen molar-refractivity contribution < 1.29 is 0 Å². The minimum atomic E-state index is 0. The average molecular weight is 1080 g/mol. The molecular formula is C54H75Cl2N11S4. The van der Waals surface area contributed by atoms with Gasteiger partial charge in [0.15, 0.2) is 20.7 Å². The zero-order chi connectivity index (χ0) is 49.5. The van der Waals surface area contributed by atoms with E-state index in [1.165, 1.54) is 84.7 Å². The van der Waals surface area contributed by atoms with E-state index in [1.807, 2.05) is 24.3 Å². The number of nitrogens with zero attached hydrogens (tertiary/aromatic N) is 4. The lowest BCUT2D eigenvalue weighted by Crippen LogP contribution is -2.42. The first-order chi connectivity index (χ1) is 33.3. The number of aliphatic imine (C=N–C) groups is 2. The summed E-state index contributed by atoms with van der Waals surface area (Å²) in [4.78, 5) is 14.4. The van der Waals surface area contributed by atoms with Gasteiger partial charge in [-0.25, -0.2) is 9.98 Å². The van der Waals surface area contributed by atoms with Crippen LogP contribution in [0.3, 0.4) is 0 Å². The van der Waals surface area contributed by atoms with Crippen molar-refractivity contribution in [1.29, 1.82) is 10.8 Å². The van der Waals surface area contributed by atoms with Gasteiger partial charge in [-0.2, -0.15) is 0 Å². The Morgan fingerprint density at radius 1 is 0.507 bits per heavy atom. The fourth-order valence-corrected chi connectivity index (χ4v) is 10.6. The predicted molar refractivity (Wildman–Crippen MR) is 318 cm³/mol. The summed E-state index contributed by atoms with van der Waals surface area (Å²) in [6.45, 7) is 19.0. The van der Waals surface area contributed by atoms with E-state index in [2.05, 4.69) is 141 Å². The third kappa shape index (κ3) is 22.2. The summed E-state index contributed by atoms with van der Waals surface area (Å²) in [5.41, 5.74) is 33.4. The maximum Gasteiger partial charge on any atom is 0.159 e. The van der Waals surface area contributed by atoms with Gasteiger partial charge in [-0.15, -0.1) is 24.8 Å². The van der Waals surface area contributed by atoms with Gasteiger partial charge in [-0.1, -0.05) is 167 Å². The molecule has 0 fully saturated rings. The molecule has 2 aliphatic rings. The van der Waals surface area contributed by atoms with Gasteiger partial charge in [0.05, 0.1) is 26.7 Å². The van der Waals surface area contributed by atoms with Crippen LogP contribution in [0.2, 0.25) is 0 Å². The van der Waals surface area contributed by atoms with Gasteiger partial charge >= 0.3 is 0 Å². The van der Waals surface area contributed by atoms with Crippen molar-refractivity contribution >= 4 is 92.5 Å². The molecule has 0 saturated heterocycles. The van der Waals surface area contributed by atoms with Crippen molar-refractivity contribution in [1.82, 2.24) is 20.4 Å². The van der Waals surface area contributed by atoms with Crippen LogP contribution in [0.5, 0.6) is 0 Å². The highest BCUT2D eigenvalue weighted by Gasteiger charge is 2.16. The van der Waals surface area contributed by atoms with Crippen LogP contribution in [0.1, 0.15) is 72.3 Å². The number of hydrogen-bond acceptors (Lipinski definition) is 13. The molecule has 10 N–H and O–H groups in total. The van der Waals surface area contributed by atoms with E-state index in [-0.39, 0.29) is 35.1 Å². The van der Waals surface area contributed by atoms with E-state index in [0.717, 1.165) is 98.5 Å². The molecule has 2 aliphatic heterocycles. The molecule has 0 saturated carbocycles. The summed E-state index contributed by atoms with van der Waals surface area (Å²) >= 11 is 6.21. The monoisotopic (exact) mass is 1080 g/mol. The lowest BCUT2D eigenvalue weighted by atomic mass is 10.0. The quantitative estimate of drug-likeness (QED) is 0.0369. The molecule has 0 aliphatic carbocycles. The molecule has 0 amide bonds. The summed E-state index contributed by atoms with van der Waals surface area (Å²) in [5, 5.41) is 23.7. The highest BCUT2D eigenvalue weighted by molar-refractivity contribution is 8.14. The highest BCUT2D eigenvalue weighted by Crippen LogP contribution is 2.24. The van der Waals surface area contributed by atoms with Crippen molar-refractivity contribution in [2.24, 2.45) is 27.2 Å². The minimum Gasteiger partial charge on any atom is -0.379 e. The Morgan fingerprint density at radius 2 is 0.845 bits per heavy atom. The number of amidine groups is 4. The van der Waals surface area contributed by atoms with Gasteiger partial charge in [-0.3, -0.25) is 20.6 Å². The third-order valence-electron chi connectivity index (χ3n) is 11.8. The van der Waals surface area contributed by atoms with Crippen LogP contribution in [0, 0.1) is 52.4 Å². The number of aryl methyl sites for hydroxylation is 6. The molecule has 0 spiro atoms.